The summed E-state index contributed by atoms with van der Waals surface area (Å²) in [6, 6.07) is 4.07. The third kappa shape index (κ3) is 2.88. The van der Waals surface area contributed by atoms with Gasteiger partial charge in [-0.1, -0.05) is 0 Å². The summed E-state index contributed by atoms with van der Waals surface area (Å²) in [6.07, 6.45) is 5.91. The van der Waals surface area contributed by atoms with Gasteiger partial charge in [0, 0.05) is 25.5 Å². The highest BCUT2D eigenvalue weighted by Gasteiger charge is 2.17. The predicted octanol–water partition coefficient (Wildman–Crippen LogP) is 1.85. The quantitative estimate of drug-likeness (QED) is 0.919. The van der Waals surface area contributed by atoms with E-state index >= 15 is 0 Å². The lowest BCUT2D eigenvalue weighted by Gasteiger charge is -2.30. The van der Waals surface area contributed by atoms with E-state index in [4.69, 9.17) is 0 Å². The van der Waals surface area contributed by atoms with Crippen molar-refractivity contribution in [3.63, 3.8) is 0 Å². The summed E-state index contributed by atoms with van der Waals surface area (Å²) in [5, 5.41) is 3.42. The molecule has 2 aromatic heterocycles. The summed E-state index contributed by atoms with van der Waals surface area (Å²) < 4.78 is 0. The van der Waals surface area contributed by atoms with Crippen molar-refractivity contribution < 1.29 is 0 Å². The van der Waals surface area contributed by atoms with E-state index in [1.165, 1.54) is 12.8 Å². The van der Waals surface area contributed by atoms with Gasteiger partial charge in [0.2, 0.25) is 0 Å². The maximum Gasteiger partial charge on any atom is 0.180 e. The maximum absolute atomic E-state index is 4.65. The van der Waals surface area contributed by atoms with Crippen molar-refractivity contribution in [2.45, 2.75) is 19.8 Å². The van der Waals surface area contributed by atoms with Crippen molar-refractivity contribution in [3.8, 4) is 0 Å². The highest BCUT2D eigenvalue weighted by Crippen LogP contribution is 2.19. The van der Waals surface area contributed by atoms with Crippen LogP contribution in [0.2, 0.25) is 0 Å². The second-order valence-electron chi connectivity index (χ2n) is 5.30. The molecule has 0 unspecified atom stereocenters. The molecule has 5 heteroatoms. The van der Waals surface area contributed by atoms with Gasteiger partial charge in [-0.05, 0) is 50.9 Å². The van der Waals surface area contributed by atoms with Gasteiger partial charge in [0.05, 0.1) is 0 Å². The van der Waals surface area contributed by atoms with Crippen LogP contribution in [0.3, 0.4) is 0 Å². The lowest BCUT2D eigenvalue weighted by atomic mass is 9.97. The molecule has 1 saturated heterocycles. The fourth-order valence-corrected chi connectivity index (χ4v) is 2.78. The van der Waals surface area contributed by atoms with Crippen LogP contribution in [0.1, 0.15) is 19.8 Å². The molecular formula is C15H21N5. The van der Waals surface area contributed by atoms with Crippen molar-refractivity contribution in [2.24, 2.45) is 5.92 Å². The van der Waals surface area contributed by atoms with Gasteiger partial charge in [-0.15, -0.1) is 0 Å². The third-order valence-corrected chi connectivity index (χ3v) is 3.96. The minimum atomic E-state index is 0.730. The van der Waals surface area contributed by atoms with E-state index < -0.39 is 0 Å². The monoisotopic (exact) mass is 271 g/mol. The molecule has 0 spiro atoms. The standard InChI is InChI=1S/C15H21N5/c1-2-20(11-12-5-7-16-8-6-12)14-4-3-13-15(19-14)18-10-9-17-13/h3-4,9-10,12,16H,2,5-8,11H2,1H3. The fraction of sp³-hybridized carbons (Fsp3) is 0.533. The number of hydrogen-bond acceptors (Lipinski definition) is 5. The first-order valence-corrected chi connectivity index (χ1v) is 7.40. The number of aromatic nitrogens is 3. The van der Waals surface area contributed by atoms with E-state index in [-0.39, 0.29) is 0 Å². The van der Waals surface area contributed by atoms with Gasteiger partial charge in [-0.2, -0.15) is 0 Å². The molecule has 20 heavy (non-hydrogen) atoms. The minimum absolute atomic E-state index is 0.730. The van der Waals surface area contributed by atoms with Gasteiger partial charge < -0.3 is 10.2 Å². The Balaban J connectivity index is 1.79. The van der Waals surface area contributed by atoms with Gasteiger partial charge in [-0.3, -0.25) is 4.98 Å². The Hall–Kier alpha value is -1.75. The molecule has 0 radical (unpaired) electrons. The molecule has 0 amide bonds. The zero-order chi connectivity index (χ0) is 13.8. The molecule has 1 N–H and O–H groups in total. The zero-order valence-electron chi connectivity index (χ0n) is 11.9. The smallest absolute Gasteiger partial charge is 0.180 e. The van der Waals surface area contributed by atoms with Crippen molar-refractivity contribution >= 4 is 17.0 Å². The van der Waals surface area contributed by atoms with E-state index in [1.807, 2.05) is 6.07 Å². The van der Waals surface area contributed by atoms with Crippen LogP contribution in [0.5, 0.6) is 0 Å². The van der Waals surface area contributed by atoms with Crippen LogP contribution < -0.4 is 10.2 Å². The summed E-state index contributed by atoms with van der Waals surface area (Å²) in [7, 11) is 0. The molecule has 0 aliphatic carbocycles. The first-order chi connectivity index (χ1) is 9.86. The first-order valence-electron chi connectivity index (χ1n) is 7.40. The first kappa shape index (κ1) is 13.2. The average Bonchev–Trinajstić information content (AvgIpc) is 2.53. The minimum Gasteiger partial charge on any atom is -0.357 e. The number of pyridine rings is 1. The number of nitrogens with zero attached hydrogens (tertiary/aromatic N) is 4. The largest absolute Gasteiger partial charge is 0.357 e. The molecule has 1 aliphatic rings. The Kier molecular flexibility index (Phi) is 4.06. The molecule has 106 valence electrons. The van der Waals surface area contributed by atoms with E-state index in [0.717, 1.165) is 49.1 Å². The van der Waals surface area contributed by atoms with Gasteiger partial charge in [0.1, 0.15) is 11.3 Å². The molecule has 3 heterocycles. The Morgan fingerprint density at radius 1 is 1.20 bits per heavy atom. The van der Waals surface area contributed by atoms with Gasteiger partial charge in [0.15, 0.2) is 5.65 Å². The molecule has 0 saturated carbocycles. The number of nitrogens with one attached hydrogen (secondary N) is 1. The lowest BCUT2D eigenvalue weighted by Crippen LogP contribution is -2.36. The number of rotatable bonds is 4. The summed E-state index contributed by atoms with van der Waals surface area (Å²) in [4.78, 5) is 15.6. The molecule has 1 aliphatic heterocycles. The van der Waals surface area contributed by atoms with Crippen LogP contribution in [0, 0.1) is 5.92 Å². The van der Waals surface area contributed by atoms with Crippen LogP contribution in [0.15, 0.2) is 24.5 Å². The van der Waals surface area contributed by atoms with E-state index in [2.05, 4.69) is 38.2 Å². The Morgan fingerprint density at radius 3 is 2.80 bits per heavy atom. The van der Waals surface area contributed by atoms with Crippen LogP contribution in [0.25, 0.3) is 11.2 Å². The van der Waals surface area contributed by atoms with E-state index in [9.17, 15) is 0 Å². The molecule has 3 rings (SSSR count). The number of fused-ring (bicyclic) bond motifs is 1. The van der Waals surface area contributed by atoms with Crippen LogP contribution >= 0.6 is 0 Å². The summed E-state index contributed by atoms with van der Waals surface area (Å²) in [5.41, 5.74) is 1.59. The van der Waals surface area contributed by atoms with Crippen LogP contribution in [0.4, 0.5) is 5.82 Å². The summed E-state index contributed by atoms with van der Waals surface area (Å²) >= 11 is 0. The highest BCUT2D eigenvalue weighted by atomic mass is 15.2. The lowest BCUT2D eigenvalue weighted by molar-refractivity contribution is 0.374. The second-order valence-corrected chi connectivity index (χ2v) is 5.30. The zero-order valence-corrected chi connectivity index (χ0v) is 11.9. The topological polar surface area (TPSA) is 53.9 Å². The van der Waals surface area contributed by atoms with Crippen molar-refractivity contribution in [1.82, 2.24) is 20.3 Å². The molecule has 2 aromatic rings. The van der Waals surface area contributed by atoms with Gasteiger partial charge >= 0.3 is 0 Å². The van der Waals surface area contributed by atoms with Crippen molar-refractivity contribution in [3.05, 3.63) is 24.5 Å². The predicted molar refractivity (Wildman–Crippen MR) is 80.8 cm³/mol. The Morgan fingerprint density at radius 2 is 2.00 bits per heavy atom. The molecule has 5 nitrogen and oxygen atoms in total. The van der Waals surface area contributed by atoms with Crippen molar-refractivity contribution in [1.29, 1.82) is 0 Å². The fourth-order valence-electron chi connectivity index (χ4n) is 2.78. The molecule has 1 fully saturated rings. The number of hydrogen-bond donors (Lipinski definition) is 1. The molecule has 0 bridgehead atoms. The molecule has 0 aromatic carbocycles. The van der Waals surface area contributed by atoms with Gasteiger partial charge in [-0.25, -0.2) is 9.97 Å². The third-order valence-electron chi connectivity index (χ3n) is 3.96. The second kappa shape index (κ2) is 6.13. The SMILES string of the molecule is CCN(CC1CCNCC1)c1ccc2nccnc2n1. The average molecular weight is 271 g/mol. The Bertz CT molecular complexity index is 565. The van der Waals surface area contributed by atoms with E-state index in [0.29, 0.717) is 0 Å². The van der Waals surface area contributed by atoms with E-state index in [1.54, 1.807) is 12.4 Å². The summed E-state index contributed by atoms with van der Waals surface area (Å²) in [6.45, 7) is 6.51. The molecule has 0 atom stereocenters. The van der Waals surface area contributed by atoms with Crippen molar-refractivity contribution in [2.75, 3.05) is 31.1 Å². The number of piperidine rings is 1. The normalized spacial score (nSPS) is 16.4. The summed E-state index contributed by atoms with van der Waals surface area (Å²) in [5.74, 6) is 1.77. The molecular weight excluding hydrogens is 250 g/mol. The van der Waals surface area contributed by atoms with Crippen LogP contribution in [-0.2, 0) is 0 Å². The maximum atomic E-state index is 4.65. The highest BCUT2D eigenvalue weighted by molar-refractivity contribution is 5.71. The number of anilines is 1. The van der Waals surface area contributed by atoms with Gasteiger partial charge in [0.25, 0.3) is 0 Å². The van der Waals surface area contributed by atoms with Crippen LogP contribution in [-0.4, -0.2) is 41.1 Å². The Labute approximate surface area is 119 Å².